The van der Waals surface area contributed by atoms with Crippen molar-refractivity contribution in [3.8, 4) is 0 Å². The molecule has 0 saturated heterocycles. The fourth-order valence-electron chi connectivity index (χ4n) is 1.28. The molecule has 1 aromatic heterocycles. The number of aliphatic imine (C=N–C) groups is 1. The van der Waals surface area contributed by atoms with Gasteiger partial charge in [-0.15, -0.1) is 18.2 Å². The minimum atomic E-state index is 0. The van der Waals surface area contributed by atoms with E-state index in [0.29, 0.717) is 12.8 Å². The van der Waals surface area contributed by atoms with E-state index in [1.54, 1.807) is 6.08 Å². The number of allylic oxidation sites excluding steroid dienone is 2. The SMILES string of the molecule is C=CC(C[CH2-])=NC(=C)Cc1cccc([CH2-])n1.[Pt+2]. The van der Waals surface area contributed by atoms with E-state index < -0.39 is 0 Å². The Kier molecular flexibility index (Phi) is 7.49. The third-order valence-electron chi connectivity index (χ3n) is 2.04. The Morgan fingerprint density at radius 3 is 2.71 bits per heavy atom. The number of nitrogens with zero attached hydrogens (tertiary/aromatic N) is 2. The van der Waals surface area contributed by atoms with Crippen LogP contribution in [0.15, 0.2) is 48.1 Å². The summed E-state index contributed by atoms with van der Waals surface area (Å²) < 4.78 is 0. The standard InChI is InChI=1S/C14H16N2.Pt/c1-5-13(6-2)16-12(4)10-14-9-7-8-11(3)15-14;/h5,7-9H,1-4,6,10H2;/q-2;+2. The van der Waals surface area contributed by atoms with Crippen molar-refractivity contribution in [1.82, 2.24) is 4.98 Å². The van der Waals surface area contributed by atoms with Crippen LogP contribution >= 0.6 is 0 Å². The van der Waals surface area contributed by atoms with Crippen molar-refractivity contribution in [2.75, 3.05) is 0 Å². The van der Waals surface area contributed by atoms with Gasteiger partial charge in [-0.1, -0.05) is 25.3 Å². The molecule has 0 aromatic carbocycles. The first-order valence-corrected chi connectivity index (χ1v) is 5.10. The first-order valence-electron chi connectivity index (χ1n) is 5.10. The van der Waals surface area contributed by atoms with Crippen LogP contribution < -0.4 is 0 Å². The van der Waals surface area contributed by atoms with Crippen LogP contribution in [-0.4, -0.2) is 10.7 Å². The summed E-state index contributed by atoms with van der Waals surface area (Å²) in [4.78, 5) is 8.61. The Morgan fingerprint density at radius 2 is 2.18 bits per heavy atom. The van der Waals surface area contributed by atoms with Crippen molar-refractivity contribution in [3.63, 3.8) is 0 Å². The summed E-state index contributed by atoms with van der Waals surface area (Å²) in [7, 11) is 0. The zero-order valence-corrected chi connectivity index (χ0v) is 12.0. The molecule has 0 N–H and O–H groups in total. The predicted molar refractivity (Wildman–Crippen MR) is 69.1 cm³/mol. The van der Waals surface area contributed by atoms with Gasteiger partial charge in [-0.3, -0.25) is 9.98 Å². The molecule has 0 aliphatic heterocycles. The molecule has 0 unspecified atom stereocenters. The summed E-state index contributed by atoms with van der Waals surface area (Å²) in [5, 5.41) is 0. The first kappa shape index (κ1) is 15.9. The fraction of sp³-hybridized carbons (Fsp3) is 0.143. The molecule has 0 fully saturated rings. The van der Waals surface area contributed by atoms with Crippen LogP contribution in [0.2, 0.25) is 0 Å². The Balaban J connectivity index is 0.00000256. The zero-order valence-electron chi connectivity index (χ0n) is 9.76. The van der Waals surface area contributed by atoms with Gasteiger partial charge in [0.15, 0.2) is 0 Å². The van der Waals surface area contributed by atoms with Crippen LogP contribution in [0, 0.1) is 13.8 Å². The molecule has 0 aliphatic rings. The number of pyridine rings is 1. The molecule has 92 valence electrons. The number of aromatic nitrogens is 1. The smallest absolute Gasteiger partial charge is 0.338 e. The van der Waals surface area contributed by atoms with Crippen LogP contribution in [0.25, 0.3) is 0 Å². The third-order valence-corrected chi connectivity index (χ3v) is 2.04. The molecule has 3 heteroatoms. The average molecular weight is 407 g/mol. The summed E-state index contributed by atoms with van der Waals surface area (Å²) >= 11 is 0. The van der Waals surface area contributed by atoms with Gasteiger partial charge in [-0.25, -0.2) is 6.92 Å². The molecule has 0 spiro atoms. The first-order chi connectivity index (χ1) is 7.65. The van der Waals surface area contributed by atoms with Crippen molar-refractivity contribution < 1.29 is 21.1 Å². The van der Waals surface area contributed by atoms with E-state index in [4.69, 9.17) is 0 Å². The zero-order chi connectivity index (χ0) is 12.0. The minimum absolute atomic E-state index is 0. The summed E-state index contributed by atoms with van der Waals surface area (Å²) in [5.74, 6) is 0. The number of hydrogen-bond acceptors (Lipinski definition) is 2. The normalized spacial score (nSPS) is 10.5. The van der Waals surface area contributed by atoms with Gasteiger partial charge in [0.2, 0.25) is 0 Å². The van der Waals surface area contributed by atoms with Crippen molar-refractivity contribution in [1.29, 1.82) is 0 Å². The van der Waals surface area contributed by atoms with E-state index in [2.05, 4.69) is 37.0 Å². The maximum Gasteiger partial charge on any atom is 2.00 e. The molecule has 0 amide bonds. The van der Waals surface area contributed by atoms with Gasteiger partial charge in [0, 0.05) is 23.5 Å². The van der Waals surface area contributed by atoms with Gasteiger partial charge in [0.1, 0.15) is 0 Å². The largest absolute Gasteiger partial charge is 2.00 e. The number of hydrogen-bond donors (Lipinski definition) is 0. The molecule has 0 atom stereocenters. The maximum atomic E-state index is 4.32. The third kappa shape index (κ3) is 5.65. The van der Waals surface area contributed by atoms with E-state index in [0.717, 1.165) is 22.8 Å². The molecule has 2 nitrogen and oxygen atoms in total. The van der Waals surface area contributed by atoms with Crippen LogP contribution in [0.3, 0.4) is 0 Å². The van der Waals surface area contributed by atoms with Crippen LogP contribution in [-0.2, 0) is 27.5 Å². The van der Waals surface area contributed by atoms with Crippen molar-refractivity contribution in [3.05, 3.63) is 68.4 Å². The van der Waals surface area contributed by atoms with Gasteiger partial charge in [-0.2, -0.15) is 6.07 Å². The molecule has 1 rings (SSSR count). The summed E-state index contributed by atoms with van der Waals surface area (Å²) in [6.45, 7) is 15.1. The van der Waals surface area contributed by atoms with Crippen molar-refractivity contribution in [2.24, 2.45) is 4.99 Å². The van der Waals surface area contributed by atoms with Crippen LogP contribution in [0.1, 0.15) is 17.8 Å². The second kappa shape index (κ2) is 8.02. The molecule has 0 bridgehead atoms. The molecule has 1 aromatic rings. The molecule has 17 heavy (non-hydrogen) atoms. The van der Waals surface area contributed by atoms with Gasteiger partial charge < -0.3 is 6.92 Å². The molecular formula is C14H16N2Pt. The second-order valence-corrected chi connectivity index (χ2v) is 3.42. The monoisotopic (exact) mass is 407 g/mol. The van der Waals surface area contributed by atoms with Gasteiger partial charge in [0.05, 0.1) is 0 Å². The maximum absolute atomic E-state index is 4.32. The number of rotatable bonds is 5. The van der Waals surface area contributed by atoms with E-state index in [-0.39, 0.29) is 21.1 Å². The molecule has 0 saturated carbocycles. The predicted octanol–water partition coefficient (Wildman–Crippen LogP) is 3.17. The molecular weight excluding hydrogens is 391 g/mol. The van der Waals surface area contributed by atoms with Crippen molar-refractivity contribution in [2.45, 2.75) is 12.8 Å². The van der Waals surface area contributed by atoms with Crippen LogP contribution in [0.4, 0.5) is 0 Å². The van der Waals surface area contributed by atoms with E-state index >= 15 is 0 Å². The van der Waals surface area contributed by atoms with E-state index in [1.165, 1.54) is 0 Å². The Morgan fingerprint density at radius 1 is 1.47 bits per heavy atom. The summed E-state index contributed by atoms with van der Waals surface area (Å²) in [5.41, 5.74) is 3.29. The molecule has 0 aliphatic carbocycles. The molecule has 1 heterocycles. The summed E-state index contributed by atoms with van der Waals surface area (Å²) in [6.07, 6.45) is 2.94. The molecule has 0 radical (unpaired) electrons. The average Bonchev–Trinajstić information content (AvgIpc) is 2.26. The van der Waals surface area contributed by atoms with E-state index in [1.807, 2.05) is 18.2 Å². The topological polar surface area (TPSA) is 25.2 Å². The Labute approximate surface area is 118 Å². The minimum Gasteiger partial charge on any atom is -0.338 e. The van der Waals surface area contributed by atoms with E-state index in [9.17, 15) is 0 Å². The van der Waals surface area contributed by atoms with Crippen LogP contribution in [0.5, 0.6) is 0 Å². The second-order valence-electron chi connectivity index (χ2n) is 3.42. The quantitative estimate of drug-likeness (QED) is 0.544. The van der Waals surface area contributed by atoms with Gasteiger partial charge in [0.25, 0.3) is 0 Å². The van der Waals surface area contributed by atoms with Crippen molar-refractivity contribution >= 4 is 5.71 Å². The van der Waals surface area contributed by atoms with Gasteiger partial charge >= 0.3 is 21.1 Å². The Bertz CT molecular complexity index is 422. The fourth-order valence-corrected chi connectivity index (χ4v) is 1.28. The van der Waals surface area contributed by atoms with Gasteiger partial charge in [-0.05, 0) is 0 Å². The summed E-state index contributed by atoms with van der Waals surface area (Å²) in [6, 6.07) is 5.73. The Hall–Kier alpha value is -1.14.